The highest BCUT2D eigenvalue weighted by Crippen LogP contribution is 2.22. The molecule has 2 atom stereocenters. The number of amides is 1. The van der Waals surface area contributed by atoms with Gasteiger partial charge in [0.05, 0.1) is 12.2 Å². The fourth-order valence-electron chi connectivity index (χ4n) is 2.91. The van der Waals surface area contributed by atoms with Gasteiger partial charge in [0.15, 0.2) is 0 Å². The maximum Gasteiger partial charge on any atom is 0.308 e. The van der Waals surface area contributed by atoms with Crippen molar-refractivity contribution in [2.24, 2.45) is 5.92 Å². The average Bonchev–Trinajstić information content (AvgIpc) is 3.01. The fourth-order valence-corrected chi connectivity index (χ4v) is 2.91. The lowest BCUT2D eigenvalue weighted by Crippen LogP contribution is -2.42. The van der Waals surface area contributed by atoms with E-state index in [1.807, 2.05) is 10.8 Å². The molecule has 1 aliphatic heterocycles. The standard InChI is InChI=1S/C15H23N3O3/c1-2-4-13(18-8-6-16-11-18)9-14(19)17-7-3-5-12(10-17)15(20)21/h6,8,11-13H,2-5,7,9-10H2,1H3,(H,20,21)/t12-,13?/m1/s1. The van der Waals surface area contributed by atoms with E-state index in [0.717, 1.165) is 19.3 Å². The van der Waals surface area contributed by atoms with E-state index in [1.165, 1.54) is 0 Å². The first-order chi connectivity index (χ1) is 10.1. The number of rotatable bonds is 6. The molecule has 1 fully saturated rings. The smallest absolute Gasteiger partial charge is 0.308 e. The summed E-state index contributed by atoms with van der Waals surface area (Å²) >= 11 is 0. The number of carbonyl (C=O) groups is 2. The molecule has 1 N–H and O–H groups in total. The van der Waals surface area contributed by atoms with E-state index in [0.29, 0.717) is 25.9 Å². The number of likely N-dealkylation sites (tertiary alicyclic amines) is 1. The van der Waals surface area contributed by atoms with Crippen molar-refractivity contribution in [3.05, 3.63) is 18.7 Å². The van der Waals surface area contributed by atoms with E-state index in [2.05, 4.69) is 11.9 Å². The second kappa shape index (κ2) is 7.24. The van der Waals surface area contributed by atoms with Crippen molar-refractivity contribution in [3.63, 3.8) is 0 Å². The van der Waals surface area contributed by atoms with E-state index in [1.54, 1.807) is 17.4 Å². The number of carboxylic acid groups (broad SMARTS) is 1. The molecule has 1 aromatic rings. The molecule has 21 heavy (non-hydrogen) atoms. The van der Waals surface area contributed by atoms with Crippen LogP contribution in [0.1, 0.15) is 45.1 Å². The summed E-state index contributed by atoms with van der Waals surface area (Å²) in [5.74, 6) is -1.17. The van der Waals surface area contributed by atoms with Gasteiger partial charge in [0.1, 0.15) is 0 Å². The molecule has 1 saturated heterocycles. The molecule has 0 aliphatic carbocycles. The average molecular weight is 293 g/mol. The van der Waals surface area contributed by atoms with Crippen molar-refractivity contribution in [2.45, 2.75) is 45.1 Å². The van der Waals surface area contributed by atoms with Gasteiger partial charge in [-0.3, -0.25) is 9.59 Å². The zero-order chi connectivity index (χ0) is 15.2. The van der Waals surface area contributed by atoms with E-state index in [4.69, 9.17) is 5.11 Å². The van der Waals surface area contributed by atoms with Gasteiger partial charge in [-0.15, -0.1) is 0 Å². The molecule has 2 heterocycles. The van der Waals surface area contributed by atoms with Crippen LogP contribution in [-0.4, -0.2) is 44.5 Å². The van der Waals surface area contributed by atoms with Gasteiger partial charge in [0, 0.05) is 37.9 Å². The number of imidazole rings is 1. The molecule has 6 nitrogen and oxygen atoms in total. The number of carboxylic acids is 1. The van der Waals surface area contributed by atoms with Crippen molar-refractivity contribution in [1.29, 1.82) is 0 Å². The van der Waals surface area contributed by atoms with E-state index in [-0.39, 0.29) is 11.9 Å². The lowest BCUT2D eigenvalue weighted by Gasteiger charge is -2.32. The Morgan fingerprint density at radius 1 is 1.48 bits per heavy atom. The van der Waals surface area contributed by atoms with Crippen LogP contribution < -0.4 is 0 Å². The van der Waals surface area contributed by atoms with Gasteiger partial charge in [-0.2, -0.15) is 0 Å². The second-order valence-corrected chi connectivity index (χ2v) is 5.67. The van der Waals surface area contributed by atoms with Gasteiger partial charge >= 0.3 is 5.97 Å². The predicted octanol–water partition coefficient (Wildman–Crippen LogP) is 1.94. The summed E-state index contributed by atoms with van der Waals surface area (Å²) in [5, 5.41) is 9.10. The van der Waals surface area contributed by atoms with Crippen LogP contribution in [0, 0.1) is 5.92 Å². The predicted molar refractivity (Wildman–Crippen MR) is 77.7 cm³/mol. The third-order valence-electron chi connectivity index (χ3n) is 4.10. The first kappa shape index (κ1) is 15.5. The summed E-state index contributed by atoms with van der Waals surface area (Å²) in [4.78, 5) is 29.3. The Morgan fingerprint density at radius 2 is 2.29 bits per heavy atom. The monoisotopic (exact) mass is 293 g/mol. The Labute approximate surface area is 124 Å². The third-order valence-corrected chi connectivity index (χ3v) is 4.10. The van der Waals surface area contributed by atoms with Gasteiger partial charge in [0.2, 0.25) is 5.91 Å². The molecule has 0 saturated carbocycles. The number of hydrogen-bond donors (Lipinski definition) is 1. The van der Waals surface area contributed by atoms with E-state index >= 15 is 0 Å². The van der Waals surface area contributed by atoms with Crippen molar-refractivity contribution >= 4 is 11.9 Å². The Balaban J connectivity index is 1.97. The molecule has 2 rings (SSSR count). The molecule has 6 heteroatoms. The third kappa shape index (κ3) is 4.06. The first-order valence-corrected chi connectivity index (χ1v) is 7.59. The molecule has 0 bridgehead atoms. The van der Waals surface area contributed by atoms with Crippen molar-refractivity contribution < 1.29 is 14.7 Å². The van der Waals surface area contributed by atoms with Crippen molar-refractivity contribution in [3.8, 4) is 0 Å². The van der Waals surface area contributed by atoms with Gasteiger partial charge in [-0.05, 0) is 19.3 Å². The zero-order valence-electron chi connectivity index (χ0n) is 12.4. The van der Waals surface area contributed by atoms with E-state index in [9.17, 15) is 9.59 Å². The number of hydrogen-bond acceptors (Lipinski definition) is 3. The number of piperidine rings is 1. The summed E-state index contributed by atoms with van der Waals surface area (Å²) in [6.45, 7) is 3.11. The topological polar surface area (TPSA) is 75.4 Å². The van der Waals surface area contributed by atoms with Crippen molar-refractivity contribution in [2.75, 3.05) is 13.1 Å². The Bertz CT molecular complexity index is 473. The molecular weight excluding hydrogens is 270 g/mol. The summed E-state index contributed by atoms with van der Waals surface area (Å²) in [6, 6.07) is 0.107. The Morgan fingerprint density at radius 3 is 2.90 bits per heavy atom. The van der Waals surface area contributed by atoms with Crippen LogP contribution in [0.2, 0.25) is 0 Å². The maximum absolute atomic E-state index is 12.4. The van der Waals surface area contributed by atoms with Crippen LogP contribution in [0.4, 0.5) is 0 Å². The fraction of sp³-hybridized carbons (Fsp3) is 0.667. The number of aliphatic carboxylic acids is 1. The zero-order valence-corrected chi connectivity index (χ0v) is 12.4. The highest BCUT2D eigenvalue weighted by atomic mass is 16.4. The minimum atomic E-state index is -0.799. The number of aromatic nitrogens is 2. The summed E-state index contributed by atoms with van der Waals surface area (Å²) in [5.41, 5.74) is 0. The van der Waals surface area contributed by atoms with Gasteiger partial charge in [0.25, 0.3) is 0 Å². The van der Waals surface area contributed by atoms with Crippen LogP contribution in [0.15, 0.2) is 18.7 Å². The van der Waals surface area contributed by atoms with Crippen LogP contribution in [0.25, 0.3) is 0 Å². The van der Waals surface area contributed by atoms with Gasteiger partial charge < -0.3 is 14.6 Å². The van der Waals surface area contributed by atoms with Crippen LogP contribution in [0.5, 0.6) is 0 Å². The molecule has 1 unspecified atom stereocenters. The van der Waals surface area contributed by atoms with Crippen LogP contribution >= 0.6 is 0 Å². The Hall–Kier alpha value is -1.85. The molecule has 0 spiro atoms. The first-order valence-electron chi connectivity index (χ1n) is 7.59. The maximum atomic E-state index is 12.4. The number of nitrogens with zero attached hydrogens (tertiary/aromatic N) is 3. The van der Waals surface area contributed by atoms with Crippen LogP contribution in [-0.2, 0) is 9.59 Å². The minimum Gasteiger partial charge on any atom is -0.481 e. The molecule has 1 amide bonds. The quantitative estimate of drug-likeness (QED) is 0.869. The normalized spacial score (nSPS) is 20.2. The van der Waals surface area contributed by atoms with Crippen molar-refractivity contribution in [1.82, 2.24) is 14.5 Å². The lowest BCUT2D eigenvalue weighted by atomic mass is 9.97. The molecule has 0 aromatic carbocycles. The Kier molecular flexibility index (Phi) is 5.36. The largest absolute Gasteiger partial charge is 0.481 e. The number of carbonyl (C=O) groups excluding carboxylic acids is 1. The highest BCUT2D eigenvalue weighted by Gasteiger charge is 2.29. The van der Waals surface area contributed by atoms with Gasteiger partial charge in [-0.1, -0.05) is 13.3 Å². The highest BCUT2D eigenvalue weighted by molar-refractivity contribution is 5.78. The molecule has 1 aliphatic rings. The summed E-state index contributed by atoms with van der Waals surface area (Å²) < 4.78 is 1.97. The molecular formula is C15H23N3O3. The van der Waals surface area contributed by atoms with Crippen LogP contribution in [0.3, 0.4) is 0 Å². The SMILES string of the molecule is CCCC(CC(=O)N1CCC[C@@H](C(=O)O)C1)n1ccnc1. The molecule has 1 aromatic heterocycles. The lowest BCUT2D eigenvalue weighted by molar-refractivity contribution is -0.145. The summed E-state index contributed by atoms with van der Waals surface area (Å²) in [6.07, 6.45) is 9.09. The second-order valence-electron chi connectivity index (χ2n) is 5.67. The summed E-state index contributed by atoms with van der Waals surface area (Å²) in [7, 11) is 0. The van der Waals surface area contributed by atoms with Gasteiger partial charge in [-0.25, -0.2) is 4.98 Å². The minimum absolute atomic E-state index is 0.0492. The molecule has 116 valence electrons. The molecule has 0 radical (unpaired) electrons. The van der Waals surface area contributed by atoms with E-state index < -0.39 is 11.9 Å².